The van der Waals surface area contributed by atoms with Gasteiger partial charge in [0.2, 0.25) is 0 Å². The number of halogens is 4. The van der Waals surface area contributed by atoms with Crippen molar-refractivity contribution in [3.63, 3.8) is 0 Å². The highest BCUT2D eigenvalue weighted by atomic mass is 79.9. The van der Waals surface area contributed by atoms with E-state index in [0.717, 1.165) is 6.07 Å². The molecule has 0 saturated carbocycles. The Labute approximate surface area is 93.2 Å². The number of hydrogen-bond acceptors (Lipinski definition) is 1. The Morgan fingerprint density at radius 1 is 1.64 bits per heavy atom. The van der Waals surface area contributed by atoms with E-state index >= 15 is 0 Å². The summed E-state index contributed by atoms with van der Waals surface area (Å²) in [6.45, 7) is 0.356. The number of carbonyl (C=O) groups excluding carboxylic acids is 1. The van der Waals surface area contributed by atoms with Gasteiger partial charge < -0.3 is 0 Å². The normalized spacial score (nSPS) is 10.4. The number of benzene rings is 1. The molecule has 0 saturated heterocycles. The Morgan fingerprint density at radius 3 is 2.71 bits per heavy atom. The Balaban J connectivity index is 3.44. The van der Waals surface area contributed by atoms with E-state index in [1.165, 1.54) is 0 Å². The Kier molecular flexibility index (Phi) is 3.61. The van der Waals surface area contributed by atoms with Crippen molar-refractivity contribution in [1.82, 2.24) is 0 Å². The van der Waals surface area contributed by atoms with Gasteiger partial charge in [0.05, 0.1) is 15.1 Å². The summed E-state index contributed by atoms with van der Waals surface area (Å²) in [4.78, 5) is 11.0. The molecule has 76 valence electrons. The van der Waals surface area contributed by atoms with Crippen LogP contribution in [0, 0.1) is 12.7 Å². The van der Waals surface area contributed by atoms with Crippen LogP contribution in [0.15, 0.2) is 10.5 Å². The second-order valence-electron chi connectivity index (χ2n) is 2.74. The fourth-order valence-electron chi connectivity index (χ4n) is 1.04. The molecule has 0 aliphatic rings. The Bertz CT molecular complexity index is 393. The molecule has 0 radical (unpaired) electrons. The molecule has 0 fully saturated rings. The number of hydrogen-bond donors (Lipinski definition) is 0. The van der Waals surface area contributed by atoms with Crippen LogP contribution in [0.4, 0.5) is 8.78 Å². The third kappa shape index (κ3) is 1.96. The first-order chi connectivity index (χ1) is 6.49. The van der Waals surface area contributed by atoms with Crippen LogP contribution in [0.3, 0.4) is 0 Å². The van der Waals surface area contributed by atoms with Gasteiger partial charge in [0.15, 0.2) is 12.5 Å². The third-order valence-corrected chi connectivity index (χ3v) is 3.25. The molecule has 0 heterocycles. The summed E-state index contributed by atoms with van der Waals surface area (Å²) < 4.78 is 25.4. The molecule has 0 N–H and O–H groups in total. The van der Waals surface area contributed by atoms with Crippen molar-refractivity contribution in [2.45, 2.75) is 6.92 Å². The lowest BCUT2D eigenvalue weighted by Gasteiger charge is -2.07. The predicted octanol–water partition coefficient (Wildman–Crippen LogP) is 3.70. The van der Waals surface area contributed by atoms with E-state index in [4.69, 9.17) is 11.6 Å². The van der Waals surface area contributed by atoms with Crippen LogP contribution in [-0.4, -0.2) is 12.5 Å². The van der Waals surface area contributed by atoms with Crippen LogP contribution in [0.5, 0.6) is 0 Å². The molecular formula is C9H6BrClF2O. The van der Waals surface area contributed by atoms with Gasteiger partial charge in [-0.15, -0.1) is 0 Å². The molecule has 1 aromatic carbocycles. The zero-order chi connectivity index (χ0) is 10.9. The molecule has 5 heteroatoms. The largest absolute Gasteiger partial charge is 0.291 e. The van der Waals surface area contributed by atoms with Gasteiger partial charge >= 0.3 is 0 Å². The van der Waals surface area contributed by atoms with E-state index in [1.54, 1.807) is 6.92 Å². The number of aryl methyl sites for hydroxylation is 1. The lowest BCUT2D eigenvalue weighted by Crippen LogP contribution is -2.06. The van der Waals surface area contributed by atoms with Crippen LogP contribution in [0.1, 0.15) is 15.9 Å². The second-order valence-corrected chi connectivity index (χ2v) is 3.91. The molecule has 1 aromatic rings. The van der Waals surface area contributed by atoms with Gasteiger partial charge in [-0.3, -0.25) is 4.79 Å². The topological polar surface area (TPSA) is 17.1 Å². The first-order valence-corrected chi connectivity index (χ1v) is 4.89. The maximum Gasteiger partial charge on any atom is 0.197 e. The van der Waals surface area contributed by atoms with E-state index in [0.29, 0.717) is 5.56 Å². The molecule has 0 spiro atoms. The molecule has 0 unspecified atom stereocenters. The molecule has 14 heavy (non-hydrogen) atoms. The summed E-state index contributed by atoms with van der Waals surface area (Å²) in [5.74, 6) is -1.68. The smallest absolute Gasteiger partial charge is 0.197 e. The summed E-state index contributed by atoms with van der Waals surface area (Å²) in [7, 11) is 0. The van der Waals surface area contributed by atoms with Gasteiger partial charge in [-0.2, -0.15) is 0 Å². The highest BCUT2D eigenvalue weighted by Gasteiger charge is 2.19. The minimum atomic E-state index is -1.24. The molecular weight excluding hydrogens is 277 g/mol. The first kappa shape index (κ1) is 11.6. The summed E-state index contributed by atoms with van der Waals surface area (Å²) >= 11 is 8.73. The maximum absolute atomic E-state index is 13.3. The zero-order valence-electron chi connectivity index (χ0n) is 7.20. The lowest BCUT2D eigenvalue weighted by molar-refractivity contribution is 0.0954. The van der Waals surface area contributed by atoms with Crippen LogP contribution in [0.25, 0.3) is 0 Å². The highest BCUT2D eigenvalue weighted by Crippen LogP contribution is 2.31. The SMILES string of the molecule is Cc1cc(F)c(C(=O)CF)c(Br)c1Cl. The number of ketones is 1. The van der Waals surface area contributed by atoms with E-state index < -0.39 is 18.3 Å². The molecule has 0 aromatic heterocycles. The Hall–Kier alpha value is -0.480. The third-order valence-electron chi connectivity index (χ3n) is 1.74. The first-order valence-electron chi connectivity index (χ1n) is 3.72. The minimum absolute atomic E-state index is 0.110. The van der Waals surface area contributed by atoms with E-state index in [9.17, 15) is 13.6 Å². The molecule has 0 aliphatic carbocycles. The van der Waals surface area contributed by atoms with Gasteiger partial charge in [0.1, 0.15) is 5.82 Å². The monoisotopic (exact) mass is 282 g/mol. The van der Waals surface area contributed by atoms with Crippen molar-refractivity contribution < 1.29 is 13.6 Å². The number of alkyl halides is 1. The average Bonchev–Trinajstić information content (AvgIpc) is 2.14. The fraction of sp³-hybridized carbons (Fsp3) is 0.222. The molecule has 0 amide bonds. The van der Waals surface area contributed by atoms with Crippen LogP contribution in [-0.2, 0) is 0 Å². The minimum Gasteiger partial charge on any atom is -0.291 e. The van der Waals surface area contributed by atoms with Gasteiger partial charge in [-0.1, -0.05) is 11.6 Å². The van der Waals surface area contributed by atoms with Gasteiger partial charge in [-0.05, 0) is 34.5 Å². The quantitative estimate of drug-likeness (QED) is 0.597. The summed E-state index contributed by atoms with van der Waals surface area (Å²) in [5.41, 5.74) is 0.162. The van der Waals surface area contributed by atoms with Crippen molar-refractivity contribution in [3.8, 4) is 0 Å². The average molecular weight is 283 g/mol. The van der Waals surface area contributed by atoms with Gasteiger partial charge in [0.25, 0.3) is 0 Å². The van der Waals surface area contributed by atoms with Crippen molar-refractivity contribution in [3.05, 3.63) is 32.5 Å². The summed E-state index contributed by atoms with van der Waals surface area (Å²) in [5, 5.41) is 0.225. The maximum atomic E-state index is 13.3. The number of rotatable bonds is 2. The highest BCUT2D eigenvalue weighted by molar-refractivity contribution is 9.10. The summed E-state index contributed by atoms with van der Waals surface area (Å²) in [6, 6.07) is 1.11. The van der Waals surface area contributed by atoms with Crippen molar-refractivity contribution in [2.24, 2.45) is 0 Å². The number of carbonyl (C=O) groups is 1. The van der Waals surface area contributed by atoms with E-state index in [2.05, 4.69) is 15.9 Å². The van der Waals surface area contributed by atoms with Crippen LogP contribution in [0.2, 0.25) is 5.02 Å². The van der Waals surface area contributed by atoms with E-state index in [-0.39, 0.29) is 15.1 Å². The molecule has 0 bridgehead atoms. The molecule has 0 aliphatic heterocycles. The zero-order valence-corrected chi connectivity index (χ0v) is 9.55. The van der Waals surface area contributed by atoms with Gasteiger partial charge in [-0.25, -0.2) is 8.78 Å². The Morgan fingerprint density at radius 2 is 2.21 bits per heavy atom. The molecule has 0 atom stereocenters. The number of Topliss-reactive ketones (excluding diaryl/α,β-unsaturated/α-hetero) is 1. The van der Waals surface area contributed by atoms with Crippen molar-refractivity contribution >= 4 is 33.3 Å². The fourth-order valence-corrected chi connectivity index (χ4v) is 1.91. The van der Waals surface area contributed by atoms with Crippen molar-refractivity contribution in [1.29, 1.82) is 0 Å². The summed E-state index contributed by atoms with van der Waals surface area (Å²) in [6.07, 6.45) is 0. The van der Waals surface area contributed by atoms with E-state index in [1.807, 2.05) is 0 Å². The van der Waals surface area contributed by atoms with Crippen LogP contribution >= 0.6 is 27.5 Å². The molecule has 1 nitrogen and oxygen atoms in total. The standard InChI is InChI=1S/C9H6BrClF2O/c1-4-2-5(13)7(6(14)3-12)8(10)9(4)11/h2H,3H2,1H3. The lowest BCUT2D eigenvalue weighted by atomic mass is 10.1. The van der Waals surface area contributed by atoms with Crippen LogP contribution < -0.4 is 0 Å². The predicted molar refractivity (Wildman–Crippen MR) is 54.2 cm³/mol. The van der Waals surface area contributed by atoms with Crippen molar-refractivity contribution in [2.75, 3.05) is 6.67 Å². The van der Waals surface area contributed by atoms with Gasteiger partial charge in [0, 0.05) is 0 Å². The molecule has 1 rings (SSSR count). The second kappa shape index (κ2) is 4.36.